The molecule has 3 aromatic rings. The molecule has 0 aliphatic rings. The first-order chi connectivity index (χ1) is 8.74. The Hall–Kier alpha value is -1.74. The average Bonchev–Trinajstić information content (AvgIpc) is 2.96. The summed E-state index contributed by atoms with van der Waals surface area (Å²) >= 11 is 1.81. The molecular formula is C15H16N2S. The van der Waals surface area contributed by atoms with Crippen molar-refractivity contribution >= 4 is 27.9 Å². The summed E-state index contributed by atoms with van der Waals surface area (Å²) < 4.78 is 0. The molecule has 0 aliphatic heterocycles. The number of H-pyrrole nitrogens is 1. The second kappa shape index (κ2) is 4.50. The van der Waals surface area contributed by atoms with Gasteiger partial charge in [0.1, 0.15) is 0 Å². The third-order valence-corrected chi connectivity index (χ3v) is 4.43. The minimum absolute atomic E-state index is 0.349. The van der Waals surface area contributed by atoms with E-state index in [1.54, 1.807) is 0 Å². The summed E-state index contributed by atoms with van der Waals surface area (Å²) in [6.45, 7) is 4.37. The number of aromatic nitrogens is 1. The number of anilines is 1. The highest BCUT2D eigenvalue weighted by Gasteiger charge is 2.09. The summed E-state index contributed by atoms with van der Waals surface area (Å²) in [5, 5.41) is 6.96. The normalized spacial score (nSPS) is 12.8. The zero-order valence-electron chi connectivity index (χ0n) is 10.5. The predicted molar refractivity (Wildman–Crippen MR) is 79.4 cm³/mol. The Morgan fingerprint density at radius 3 is 2.89 bits per heavy atom. The molecule has 0 spiro atoms. The largest absolute Gasteiger partial charge is 0.378 e. The van der Waals surface area contributed by atoms with Crippen LogP contribution in [0.1, 0.15) is 23.4 Å². The van der Waals surface area contributed by atoms with Gasteiger partial charge in [-0.1, -0.05) is 0 Å². The molecular weight excluding hydrogens is 240 g/mol. The molecule has 0 amide bonds. The Morgan fingerprint density at radius 1 is 1.22 bits per heavy atom. The van der Waals surface area contributed by atoms with Crippen LogP contribution >= 0.6 is 11.3 Å². The number of aromatic amines is 1. The standard InChI is InChI=1S/C15H16N2S/c1-10-6-8-18-15(10)11(2)17-13-3-4-14-12(9-13)5-7-16-14/h3-9,11,16-17H,1-2H3. The maximum absolute atomic E-state index is 3.56. The van der Waals surface area contributed by atoms with E-state index in [2.05, 4.69) is 59.9 Å². The van der Waals surface area contributed by atoms with Crippen LogP contribution in [0.2, 0.25) is 0 Å². The summed E-state index contributed by atoms with van der Waals surface area (Å²) in [6, 6.07) is 11.0. The van der Waals surface area contributed by atoms with Crippen LogP contribution in [0.5, 0.6) is 0 Å². The van der Waals surface area contributed by atoms with Gasteiger partial charge >= 0.3 is 0 Å². The molecule has 1 aromatic carbocycles. The van der Waals surface area contributed by atoms with Gasteiger partial charge in [0.25, 0.3) is 0 Å². The first-order valence-corrected chi connectivity index (χ1v) is 6.99. The number of aryl methyl sites for hydroxylation is 1. The molecule has 0 saturated carbocycles. The average molecular weight is 256 g/mol. The number of rotatable bonds is 3. The Balaban J connectivity index is 1.85. The lowest BCUT2D eigenvalue weighted by molar-refractivity contribution is 0.899. The van der Waals surface area contributed by atoms with Gasteiger partial charge in [-0.15, -0.1) is 11.3 Å². The van der Waals surface area contributed by atoms with Gasteiger partial charge in [-0.25, -0.2) is 0 Å². The molecule has 2 N–H and O–H groups in total. The fourth-order valence-electron chi connectivity index (χ4n) is 2.29. The van der Waals surface area contributed by atoms with Gasteiger partial charge in [-0.05, 0) is 55.1 Å². The van der Waals surface area contributed by atoms with Gasteiger partial charge in [-0.3, -0.25) is 0 Å². The van der Waals surface area contributed by atoms with E-state index in [1.165, 1.54) is 27.0 Å². The van der Waals surface area contributed by atoms with Crippen LogP contribution in [0.15, 0.2) is 41.9 Å². The molecule has 3 rings (SSSR count). The molecule has 2 heterocycles. The second-order valence-electron chi connectivity index (χ2n) is 4.61. The third kappa shape index (κ3) is 2.02. The second-order valence-corrected chi connectivity index (χ2v) is 5.56. The summed E-state index contributed by atoms with van der Waals surface area (Å²) in [6.07, 6.45) is 1.97. The highest BCUT2D eigenvalue weighted by atomic mass is 32.1. The molecule has 2 aromatic heterocycles. The number of thiophene rings is 1. The fraction of sp³-hybridized carbons (Fsp3) is 0.200. The van der Waals surface area contributed by atoms with E-state index in [4.69, 9.17) is 0 Å². The van der Waals surface area contributed by atoms with E-state index < -0.39 is 0 Å². The predicted octanol–water partition coefficient (Wildman–Crippen LogP) is 4.71. The Morgan fingerprint density at radius 2 is 2.11 bits per heavy atom. The molecule has 18 heavy (non-hydrogen) atoms. The van der Waals surface area contributed by atoms with E-state index in [0.29, 0.717) is 6.04 Å². The molecule has 92 valence electrons. The quantitative estimate of drug-likeness (QED) is 0.697. The topological polar surface area (TPSA) is 27.8 Å². The van der Waals surface area contributed by atoms with Gasteiger partial charge < -0.3 is 10.3 Å². The summed E-state index contributed by atoms with van der Waals surface area (Å²) in [5.41, 5.74) is 3.71. The minimum atomic E-state index is 0.349. The van der Waals surface area contributed by atoms with Crippen molar-refractivity contribution in [2.24, 2.45) is 0 Å². The van der Waals surface area contributed by atoms with Crippen LogP contribution in [0.3, 0.4) is 0 Å². The van der Waals surface area contributed by atoms with Crippen molar-refractivity contribution in [3.63, 3.8) is 0 Å². The van der Waals surface area contributed by atoms with Gasteiger partial charge in [0.2, 0.25) is 0 Å². The van der Waals surface area contributed by atoms with Crippen molar-refractivity contribution in [1.29, 1.82) is 0 Å². The maximum Gasteiger partial charge on any atom is 0.0581 e. The Kier molecular flexibility index (Phi) is 2.84. The summed E-state index contributed by atoms with van der Waals surface area (Å²) in [4.78, 5) is 4.62. The van der Waals surface area contributed by atoms with Crippen molar-refractivity contribution < 1.29 is 0 Å². The number of benzene rings is 1. The molecule has 2 nitrogen and oxygen atoms in total. The van der Waals surface area contributed by atoms with E-state index in [0.717, 1.165) is 0 Å². The van der Waals surface area contributed by atoms with Crippen LogP contribution in [0.25, 0.3) is 10.9 Å². The van der Waals surface area contributed by atoms with Crippen LogP contribution in [0, 0.1) is 6.92 Å². The lowest BCUT2D eigenvalue weighted by Gasteiger charge is -2.15. The highest BCUT2D eigenvalue weighted by Crippen LogP contribution is 2.27. The highest BCUT2D eigenvalue weighted by molar-refractivity contribution is 7.10. The zero-order chi connectivity index (χ0) is 12.5. The number of hydrogen-bond acceptors (Lipinski definition) is 2. The van der Waals surface area contributed by atoms with Crippen molar-refractivity contribution in [1.82, 2.24) is 4.98 Å². The van der Waals surface area contributed by atoms with E-state index in [9.17, 15) is 0 Å². The van der Waals surface area contributed by atoms with Crippen LogP contribution in [-0.2, 0) is 0 Å². The maximum atomic E-state index is 3.56. The Labute approximate surface area is 111 Å². The molecule has 1 unspecified atom stereocenters. The first kappa shape index (κ1) is 11.4. The molecule has 0 aliphatic carbocycles. The van der Waals surface area contributed by atoms with Crippen molar-refractivity contribution in [3.05, 3.63) is 52.3 Å². The molecule has 0 bridgehead atoms. The van der Waals surface area contributed by atoms with E-state index in [-0.39, 0.29) is 0 Å². The molecule has 0 saturated heterocycles. The summed E-state index contributed by atoms with van der Waals surface area (Å²) in [5.74, 6) is 0. The van der Waals surface area contributed by atoms with Gasteiger partial charge in [0.05, 0.1) is 6.04 Å². The SMILES string of the molecule is Cc1ccsc1C(C)Nc1ccc2[nH]ccc2c1. The zero-order valence-corrected chi connectivity index (χ0v) is 11.3. The number of fused-ring (bicyclic) bond motifs is 1. The van der Waals surface area contributed by atoms with Gasteiger partial charge in [0, 0.05) is 27.7 Å². The van der Waals surface area contributed by atoms with E-state index in [1.807, 2.05) is 17.5 Å². The monoisotopic (exact) mass is 256 g/mol. The molecule has 0 radical (unpaired) electrons. The van der Waals surface area contributed by atoms with Crippen molar-refractivity contribution in [3.8, 4) is 0 Å². The van der Waals surface area contributed by atoms with Crippen LogP contribution in [-0.4, -0.2) is 4.98 Å². The van der Waals surface area contributed by atoms with Crippen molar-refractivity contribution in [2.75, 3.05) is 5.32 Å². The van der Waals surface area contributed by atoms with Gasteiger partial charge in [-0.2, -0.15) is 0 Å². The minimum Gasteiger partial charge on any atom is -0.378 e. The molecule has 3 heteroatoms. The summed E-state index contributed by atoms with van der Waals surface area (Å²) in [7, 11) is 0. The fourth-order valence-corrected chi connectivity index (χ4v) is 3.22. The smallest absolute Gasteiger partial charge is 0.0581 e. The van der Waals surface area contributed by atoms with Crippen molar-refractivity contribution in [2.45, 2.75) is 19.9 Å². The van der Waals surface area contributed by atoms with E-state index >= 15 is 0 Å². The first-order valence-electron chi connectivity index (χ1n) is 6.12. The lowest BCUT2D eigenvalue weighted by atomic mass is 10.1. The van der Waals surface area contributed by atoms with Crippen LogP contribution < -0.4 is 5.32 Å². The molecule has 1 atom stereocenters. The number of hydrogen-bond donors (Lipinski definition) is 2. The number of nitrogens with one attached hydrogen (secondary N) is 2. The lowest BCUT2D eigenvalue weighted by Crippen LogP contribution is -2.05. The van der Waals surface area contributed by atoms with Crippen LogP contribution in [0.4, 0.5) is 5.69 Å². The molecule has 0 fully saturated rings. The van der Waals surface area contributed by atoms with Gasteiger partial charge in [0.15, 0.2) is 0 Å². The Bertz CT molecular complexity index is 666. The third-order valence-electron chi connectivity index (χ3n) is 3.23.